The fraction of sp³-hybridized carbons (Fsp3) is 0.250. The van der Waals surface area contributed by atoms with Crippen LogP contribution in [-0.4, -0.2) is 55.9 Å². The highest BCUT2D eigenvalue weighted by atomic mass is 15.0. The van der Waals surface area contributed by atoms with Gasteiger partial charge in [0, 0.05) is 37.2 Å². The topological polar surface area (TPSA) is 89.3 Å². The molecule has 3 aromatic heterocycles. The summed E-state index contributed by atoms with van der Waals surface area (Å²) in [7, 11) is 6.00. The van der Waals surface area contributed by atoms with Crippen LogP contribution in [-0.2, 0) is 0 Å². The summed E-state index contributed by atoms with van der Waals surface area (Å²) in [6.45, 7) is 0. The lowest BCUT2D eigenvalue weighted by molar-refractivity contribution is 0.505. The minimum atomic E-state index is 1.62. The zero-order valence-corrected chi connectivity index (χ0v) is 11.5. The van der Waals surface area contributed by atoms with Gasteiger partial charge >= 0.3 is 0 Å². The largest absolute Gasteiger partial charge is 0.351 e. The summed E-state index contributed by atoms with van der Waals surface area (Å²) in [4.78, 5) is 21.2. The van der Waals surface area contributed by atoms with Gasteiger partial charge in [0.2, 0.25) is 0 Å². The molecule has 0 radical (unpaired) electrons. The van der Waals surface area contributed by atoms with Gasteiger partial charge in [-0.1, -0.05) is 0 Å². The molecule has 19 heavy (non-hydrogen) atoms. The molecule has 0 aliphatic rings. The van der Waals surface area contributed by atoms with Crippen molar-refractivity contribution in [2.24, 2.45) is 0 Å². The Morgan fingerprint density at radius 2 is 0.895 bits per heavy atom. The third-order valence-electron chi connectivity index (χ3n) is 1.22. The summed E-state index contributed by atoms with van der Waals surface area (Å²) >= 11 is 0. The standard InChI is InChI=1S/3C3H4N2.C3H9N/c3*1-2-5-3-4-1;1-4(2)3/h3*1-3H,(H,4,5);1-3H3. The van der Waals surface area contributed by atoms with Crippen LogP contribution in [0.5, 0.6) is 0 Å². The fourth-order valence-electron chi connectivity index (χ4n) is 0.645. The van der Waals surface area contributed by atoms with Crippen LogP contribution in [0.2, 0.25) is 0 Å². The number of aromatic amines is 3. The zero-order chi connectivity index (χ0) is 14.2. The Morgan fingerprint density at radius 3 is 0.947 bits per heavy atom. The minimum Gasteiger partial charge on any atom is -0.351 e. The van der Waals surface area contributed by atoms with Gasteiger partial charge in [0.25, 0.3) is 0 Å². The molecule has 3 rings (SSSR count). The number of aromatic nitrogens is 6. The first-order valence-electron chi connectivity index (χ1n) is 5.62. The van der Waals surface area contributed by atoms with Gasteiger partial charge in [0.15, 0.2) is 0 Å². The van der Waals surface area contributed by atoms with Gasteiger partial charge in [-0.05, 0) is 21.1 Å². The maximum absolute atomic E-state index is 3.67. The lowest BCUT2D eigenvalue weighted by Gasteiger charge is -1.90. The van der Waals surface area contributed by atoms with E-state index in [9.17, 15) is 0 Å². The van der Waals surface area contributed by atoms with Crippen LogP contribution < -0.4 is 0 Å². The molecule has 0 unspecified atom stereocenters. The Kier molecular flexibility index (Phi) is 11.9. The SMILES string of the molecule is CN(C)C.c1c[nH]cn1.c1c[nH]cn1.c1c[nH]cn1. The average Bonchev–Trinajstić information content (AvgIpc) is 3.18. The van der Waals surface area contributed by atoms with Crippen molar-refractivity contribution in [2.45, 2.75) is 0 Å². The summed E-state index contributed by atoms with van der Waals surface area (Å²) in [6.07, 6.45) is 15.2. The highest BCUT2D eigenvalue weighted by Gasteiger charge is 1.58. The monoisotopic (exact) mass is 263 g/mol. The van der Waals surface area contributed by atoms with E-state index in [0.29, 0.717) is 0 Å². The molecule has 3 aromatic rings. The molecule has 3 N–H and O–H groups in total. The maximum Gasteiger partial charge on any atom is 0.0919 e. The van der Waals surface area contributed by atoms with Gasteiger partial charge in [0.05, 0.1) is 19.0 Å². The molecule has 0 fully saturated rings. The van der Waals surface area contributed by atoms with E-state index in [1.165, 1.54) is 0 Å². The first-order valence-corrected chi connectivity index (χ1v) is 5.62. The molecule has 0 aliphatic carbocycles. The highest BCUT2D eigenvalue weighted by Crippen LogP contribution is 1.63. The van der Waals surface area contributed by atoms with Crippen molar-refractivity contribution in [3.05, 3.63) is 56.2 Å². The number of rotatable bonds is 0. The van der Waals surface area contributed by atoms with Crippen LogP contribution in [0.15, 0.2) is 56.2 Å². The molecule has 0 saturated heterocycles. The van der Waals surface area contributed by atoms with E-state index in [0.717, 1.165) is 0 Å². The van der Waals surface area contributed by atoms with E-state index < -0.39 is 0 Å². The van der Waals surface area contributed by atoms with E-state index >= 15 is 0 Å². The van der Waals surface area contributed by atoms with Gasteiger partial charge in [-0.25, -0.2) is 15.0 Å². The number of hydrogen-bond acceptors (Lipinski definition) is 4. The van der Waals surface area contributed by atoms with Gasteiger partial charge in [-0.2, -0.15) is 0 Å². The minimum absolute atomic E-state index is 1.62. The van der Waals surface area contributed by atoms with Crippen LogP contribution >= 0.6 is 0 Å². The molecule has 0 amide bonds. The second kappa shape index (κ2) is 13.7. The lowest BCUT2D eigenvalue weighted by atomic mass is 11.0. The Balaban J connectivity index is 0.000000229. The highest BCUT2D eigenvalue weighted by molar-refractivity contribution is 4.65. The quantitative estimate of drug-likeness (QED) is 0.572. The summed E-state index contributed by atoms with van der Waals surface area (Å²) in [5.41, 5.74) is 0. The molecular weight excluding hydrogens is 242 g/mol. The van der Waals surface area contributed by atoms with Crippen molar-refractivity contribution < 1.29 is 0 Å². The molecule has 7 heteroatoms. The normalized spacial score (nSPS) is 8.21. The van der Waals surface area contributed by atoms with Crippen LogP contribution in [0.1, 0.15) is 0 Å². The zero-order valence-electron chi connectivity index (χ0n) is 11.5. The van der Waals surface area contributed by atoms with E-state index in [1.54, 1.807) is 56.2 Å². The molecule has 104 valence electrons. The smallest absolute Gasteiger partial charge is 0.0919 e. The molecule has 7 nitrogen and oxygen atoms in total. The molecule has 3 heterocycles. The van der Waals surface area contributed by atoms with Crippen molar-refractivity contribution in [1.82, 2.24) is 34.8 Å². The molecule has 0 spiro atoms. The van der Waals surface area contributed by atoms with E-state index in [-0.39, 0.29) is 0 Å². The summed E-state index contributed by atoms with van der Waals surface area (Å²) in [5.74, 6) is 0. The van der Waals surface area contributed by atoms with Crippen molar-refractivity contribution in [3.8, 4) is 0 Å². The molecule has 0 aromatic carbocycles. The number of H-pyrrole nitrogens is 3. The van der Waals surface area contributed by atoms with Gasteiger partial charge < -0.3 is 19.9 Å². The van der Waals surface area contributed by atoms with Crippen molar-refractivity contribution in [1.29, 1.82) is 0 Å². The van der Waals surface area contributed by atoms with Gasteiger partial charge in [-0.15, -0.1) is 0 Å². The third kappa shape index (κ3) is 18.2. The van der Waals surface area contributed by atoms with Crippen molar-refractivity contribution >= 4 is 0 Å². The second-order valence-corrected chi connectivity index (χ2v) is 3.62. The summed E-state index contributed by atoms with van der Waals surface area (Å²) in [6, 6.07) is 0. The molecule has 0 aliphatic heterocycles. The van der Waals surface area contributed by atoms with Crippen LogP contribution in [0, 0.1) is 0 Å². The molecular formula is C12H21N7. The summed E-state index contributed by atoms with van der Waals surface area (Å²) < 4.78 is 0. The van der Waals surface area contributed by atoms with E-state index in [4.69, 9.17) is 0 Å². The van der Waals surface area contributed by atoms with E-state index in [2.05, 4.69) is 29.9 Å². The number of nitrogens with one attached hydrogen (secondary N) is 3. The Hall–Kier alpha value is -2.41. The van der Waals surface area contributed by atoms with Gasteiger partial charge in [-0.3, -0.25) is 0 Å². The number of imidazole rings is 3. The fourth-order valence-corrected chi connectivity index (χ4v) is 0.645. The van der Waals surface area contributed by atoms with Gasteiger partial charge in [0.1, 0.15) is 0 Å². The summed E-state index contributed by atoms with van der Waals surface area (Å²) in [5, 5.41) is 0. The first-order chi connectivity index (χ1) is 9.23. The molecule has 0 atom stereocenters. The third-order valence-corrected chi connectivity index (χ3v) is 1.22. The Bertz CT molecular complexity index is 286. The Labute approximate surface area is 113 Å². The molecule has 0 bridgehead atoms. The van der Waals surface area contributed by atoms with Crippen molar-refractivity contribution in [3.63, 3.8) is 0 Å². The first kappa shape index (κ1) is 16.6. The number of hydrogen-bond donors (Lipinski definition) is 3. The second-order valence-electron chi connectivity index (χ2n) is 3.62. The predicted molar refractivity (Wildman–Crippen MR) is 75.4 cm³/mol. The predicted octanol–water partition coefficient (Wildman–Crippen LogP) is 1.41. The van der Waals surface area contributed by atoms with Crippen molar-refractivity contribution in [2.75, 3.05) is 21.1 Å². The van der Waals surface area contributed by atoms with Crippen LogP contribution in [0.3, 0.4) is 0 Å². The number of nitrogens with zero attached hydrogens (tertiary/aromatic N) is 4. The van der Waals surface area contributed by atoms with Crippen LogP contribution in [0.25, 0.3) is 0 Å². The van der Waals surface area contributed by atoms with Crippen LogP contribution in [0.4, 0.5) is 0 Å². The molecule has 0 saturated carbocycles. The lowest BCUT2D eigenvalue weighted by Crippen LogP contribution is -1.99. The maximum atomic E-state index is 3.67. The van der Waals surface area contributed by atoms with E-state index in [1.807, 2.05) is 26.0 Å². The Morgan fingerprint density at radius 1 is 0.632 bits per heavy atom. The average molecular weight is 263 g/mol.